The number of carbonyl (C=O) groups excluding carboxylic acids is 3. The molecule has 1 atom stereocenters. The van der Waals surface area contributed by atoms with Gasteiger partial charge in [-0.3, -0.25) is 19.3 Å². The monoisotopic (exact) mass is 447 g/mol. The number of anilines is 3. The van der Waals surface area contributed by atoms with Crippen LogP contribution >= 0.6 is 0 Å². The molecule has 0 saturated carbocycles. The Bertz CT molecular complexity index is 1110. The molecule has 1 N–H and O–H groups in total. The first kappa shape index (κ1) is 21.5. The summed E-state index contributed by atoms with van der Waals surface area (Å²) in [6.45, 7) is 5.46. The molecule has 33 heavy (non-hydrogen) atoms. The average Bonchev–Trinajstić information content (AvgIpc) is 3.13. The summed E-state index contributed by atoms with van der Waals surface area (Å²) in [6.07, 6.45) is 0.847. The lowest BCUT2D eigenvalue weighted by molar-refractivity contribution is -0.120. The van der Waals surface area contributed by atoms with Crippen LogP contribution in [-0.4, -0.2) is 73.0 Å². The molecule has 3 heterocycles. The highest BCUT2D eigenvalue weighted by atomic mass is 16.2. The van der Waals surface area contributed by atoms with Crippen LogP contribution in [0.5, 0.6) is 0 Å². The second-order valence-corrected chi connectivity index (χ2v) is 9.21. The van der Waals surface area contributed by atoms with Gasteiger partial charge in [0.15, 0.2) is 0 Å². The van der Waals surface area contributed by atoms with E-state index in [1.165, 1.54) is 0 Å². The number of para-hydroxylation sites is 3. The second kappa shape index (κ2) is 8.19. The summed E-state index contributed by atoms with van der Waals surface area (Å²) < 4.78 is 0. The van der Waals surface area contributed by atoms with Crippen LogP contribution in [0.4, 0.5) is 17.1 Å². The minimum absolute atomic E-state index is 0.0247. The van der Waals surface area contributed by atoms with Crippen molar-refractivity contribution in [2.24, 2.45) is 0 Å². The number of hydrogen-bond acceptors (Lipinski definition) is 5. The predicted octanol–water partition coefficient (Wildman–Crippen LogP) is 2.38. The minimum atomic E-state index is -0.850. The van der Waals surface area contributed by atoms with Crippen LogP contribution in [0, 0.1) is 0 Å². The van der Waals surface area contributed by atoms with E-state index in [0.717, 1.165) is 37.6 Å². The molecule has 2 aromatic rings. The van der Waals surface area contributed by atoms with E-state index in [4.69, 9.17) is 0 Å². The number of nitrogens with one attached hydrogen (secondary N) is 1. The van der Waals surface area contributed by atoms with Crippen LogP contribution in [-0.2, 0) is 9.59 Å². The van der Waals surface area contributed by atoms with E-state index >= 15 is 0 Å². The summed E-state index contributed by atoms with van der Waals surface area (Å²) in [6, 6.07) is 14.9. The molecule has 0 radical (unpaired) electrons. The lowest BCUT2D eigenvalue weighted by atomic mass is 9.98. The highest BCUT2D eigenvalue weighted by Crippen LogP contribution is 2.43. The zero-order chi connectivity index (χ0) is 23.2. The fourth-order valence-electron chi connectivity index (χ4n) is 5.18. The molecule has 0 aliphatic carbocycles. The van der Waals surface area contributed by atoms with Gasteiger partial charge in [0.1, 0.15) is 12.2 Å². The number of hydrogen-bond donors (Lipinski definition) is 1. The van der Waals surface area contributed by atoms with E-state index in [9.17, 15) is 14.4 Å². The zero-order valence-electron chi connectivity index (χ0n) is 19.1. The van der Waals surface area contributed by atoms with E-state index in [0.29, 0.717) is 24.1 Å². The molecule has 2 saturated heterocycles. The molecule has 8 heteroatoms. The Labute approximate surface area is 193 Å². The third-order valence-electron chi connectivity index (χ3n) is 7.07. The van der Waals surface area contributed by atoms with Crippen molar-refractivity contribution in [3.63, 3.8) is 0 Å². The lowest BCUT2D eigenvalue weighted by Gasteiger charge is -2.48. The maximum Gasteiger partial charge on any atom is 0.258 e. The van der Waals surface area contributed by atoms with Crippen molar-refractivity contribution < 1.29 is 14.4 Å². The summed E-state index contributed by atoms with van der Waals surface area (Å²) in [5, 5.41) is 3.03. The normalized spacial score (nSPS) is 22.9. The van der Waals surface area contributed by atoms with Gasteiger partial charge in [0.05, 0.1) is 22.6 Å². The number of carbonyl (C=O) groups is 3. The minimum Gasteiger partial charge on any atom is -0.367 e. The van der Waals surface area contributed by atoms with Crippen molar-refractivity contribution in [2.75, 3.05) is 54.9 Å². The van der Waals surface area contributed by atoms with Gasteiger partial charge in [0.25, 0.3) is 5.91 Å². The molecule has 172 valence electrons. The van der Waals surface area contributed by atoms with E-state index in [1.54, 1.807) is 28.0 Å². The summed E-state index contributed by atoms with van der Waals surface area (Å²) in [7, 11) is 2.11. The van der Waals surface area contributed by atoms with Crippen LogP contribution in [0.2, 0.25) is 0 Å². The third-order valence-corrected chi connectivity index (χ3v) is 7.07. The number of likely N-dealkylation sites (N-methyl/N-ethyl adjacent to an activating group) is 1. The molecule has 3 amide bonds. The van der Waals surface area contributed by atoms with Gasteiger partial charge in [-0.05, 0) is 44.7 Å². The van der Waals surface area contributed by atoms with Crippen LogP contribution in [0.25, 0.3) is 0 Å². The first-order chi connectivity index (χ1) is 15.9. The molecule has 0 spiro atoms. The van der Waals surface area contributed by atoms with Crippen molar-refractivity contribution in [3.8, 4) is 0 Å². The quantitative estimate of drug-likeness (QED) is 0.779. The maximum absolute atomic E-state index is 13.4. The van der Waals surface area contributed by atoms with E-state index in [-0.39, 0.29) is 24.3 Å². The topological polar surface area (TPSA) is 76.2 Å². The molecule has 5 rings (SSSR count). The zero-order valence-corrected chi connectivity index (χ0v) is 19.1. The van der Waals surface area contributed by atoms with E-state index < -0.39 is 5.66 Å². The first-order valence-electron chi connectivity index (χ1n) is 11.4. The summed E-state index contributed by atoms with van der Waals surface area (Å²) in [4.78, 5) is 47.1. The maximum atomic E-state index is 13.4. The van der Waals surface area contributed by atoms with Gasteiger partial charge in [-0.2, -0.15) is 0 Å². The van der Waals surface area contributed by atoms with Crippen molar-refractivity contribution in [1.82, 2.24) is 9.80 Å². The van der Waals surface area contributed by atoms with Crippen LogP contribution in [0.3, 0.4) is 0 Å². The fraction of sp³-hybridized carbons (Fsp3) is 0.400. The number of amides is 3. The first-order valence-corrected chi connectivity index (χ1v) is 11.4. The summed E-state index contributed by atoms with van der Waals surface area (Å²) in [5.74, 6) is -0.519. The van der Waals surface area contributed by atoms with Crippen molar-refractivity contribution in [3.05, 3.63) is 54.1 Å². The Morgan fingerprint density at radius 1 is 0.970 bits per heavy atom. The van der Waals surface area contributed by atoms with Gasteiger partial charge in [-0.15, -0.1) is 0 Å². The molecule has 8 nitrogen and oxygen atoms in total. The van der Waals surface area contributed by atoms with Gasteiger partial charge >= 0.3 is 0 Å². The molecule has 2 fully saturated rings. The van der Waals surface area contributed by atoms with Crippen LogP contribution in [0.15, 0.2) is 48.5 Å². The van der Waals surface area contributed by atoms with Crippen molar-refractivity contribution in [1.29, 1.82) is 0 Å². The molecular formula is C25H29N5O3. The Hall–Kier alpha value is -3.39. The Balaban J connectivity index is 1.39. The fourth-order valence-corrected chi connectivity index (χ4v) is 5.18. The lowest BCUT2D eigenvalue weighted by Crippen LogP contribution is -2.63. The van der Waals surface area contributed by atoms with Crippen LogP contribution < -0.4 is 15.1 Å². The smallest absolute Gasteiger partial charge is 0.258 e. The van der Waals surface area contributed by atoms with Gasteiger partial charge in [-0.1, -0.05) is 24.3 Å². The predicted molar refractivity (Wildman–Crippen MR) is 127 cm³/mol. The summed E-state index contributed by atoms with van der Waals surface area (Å²) >= 11 is 0. The van der Waals surface area contributed by atoms with Crippen LogP contribution in [0.1, 0.15) is 30.1 Å². The van der Waals surface area contributed by atoms with Gasteiger partial charge in [0, 0.05) is 32.6 Å². The number of benzene rings is 2. The molecule has 2 aromatic carbocycles. The highest BCUT2D eigenvalue weighted by molar-refractivity contribution is 6.11. The van der Waals surface area contributed by atoms with Crippen molar-refractivity contribution >= 4 is 34.8 Å². The number of fused-ring (bicyclic) bond motifs is 3. The Kier molecular flexibility index (Phi) is 5.32. The molecule has 3 aliphatic rings. The SMILES string of the molecule is CN1CCN(c2ccccc2NC(=O)CN2C(=O)c3ccccc3N3C(=O)CCC23C)CC1. The number of nitrogens with zero attached hydrogens (tertiary/aromatic N) is 4. The molecule has 0 bridgehead atoms. The molecule has 0 aromatic heterocycles. The van der Waals surface area contributed by atoms with Gasteiger partial charge in [-0.25, -0.2) is 0 Å². The Morgan fingerprint density at radius 2 is 1.64 bits per heavy atom. The van der Waals surface area contributed by atoms with E-state index in [2.05, 4.69) is 22.2 Å². The molecular weight excluding hydrogens is 418 g/mol. The standard InChI is InChI=1S/C25H29N5O3/c1-25-12-11-23(32)30(25)20-9-5-3-7-18(20)24(33)29(25)17-22(31)26-19-8-4-6-10-21(19)28-15-13-27(2)14-16-28/h3-10H,11-17H2,1-2H3,(H,26,31). The number of piperazine rings is 1. The highest BCUT2D eigenvalue weighted by Gasteiger charge is 2.53. The molecule has 3 aliphatic heterocycles. The van der Waals surface area contributed by atoms with E-state index in [1.807, 2.05) is 37.3 Å². The number of rotatable bonds is 4. The third kappa shape index (κ3) is 3.64. The van der Waals surface area contributed by atoms with Crippen molar-refractivity contribution in [2.45, 2.75) is 25.4 Å². The van der Waals surface area contributed by atoms with Gasteiger partial charge in [0.2, 0.25) is 11.8 Å². The van der Waals surface area contributed by atoms with Gasteiger partial charge < -0.3 is 20.0 Å². The molecule has 1 unspecified atom stereocenters. The summed E-state index contributed by atoms with van der Waals surface area (Å²) in [5.41, 5.74) is 1.96. The largest absolute Gasteiger partial charge is 0.367 e. The average molecular weight is 448 g/mol. The second-order valence-electron chi connectivity index (χ2n) is 9.21. The Morgan fingerprint density at radius 3 is 2.39 bits per heavy atom.